The fraction of sp³-hybridized carbons (Fsp3) is 0.533. The molecule has 104 valence electrons. The lowest BCUT2D eigenvalue weighted by atomic mass is 9.96. The summed E-state index contributed by atoms with van der Waals surface area (Å²) in [6, 6.07) is 6.01. The van der Waals surface area contributed by atoms with E-state index in [0.717, 1.165) is 36.2 Å². The van der Waals surface area contributed by atoms with Gasteiger partial charge in [-0.1, -0.05) is 22.0 Å². The van der Waals surface area contributed by atoms with Crippen LogP contribution >= 0.6 is 15.9 Å². The van der Waals surface area contributed by atoms with Gasteiger partial charge in [0, 0.05) is 36.8 Å². The van der Waals surface area contributed by atoms with Crippen LogP contribution in [0, 0.1) is 12.8 Å². The number of carbonyl (C=O) groups is 1. The Morgan fingerprint density at radius 1 is 1.42 bits per heavy atom. The number of ether oxygens (including phenoxy) is 1. The number of hydrogen-bond donors (Lipinski definition) is 0. The zero-order chi connectivity index (χ0) is 13.8. The molecule has 1 fully saturated rings. The Bertz CT molecular complexity index is 455. The van der Waals surface area contributed by atoms with Gasteiger partial charge >= 0.3 is 0 Å². The average molecular weight is 326 g/mol. The maximum absolute atomic E-state index is 12.3. The molecule has 0 aliphatic carbocycles. The van der Waals surface area contributed by atoms with Gasteiger partial charge in [0.2, 0.25) is 5.91 Å². The number of nitrogens with zero attached hydrogens (tertiary/aromatic N) is 1. The van der Waals surface area contributed by atoms with Crippen LogP contribution in [-0.4, -0.2) is 26.2 Å². The Morgan fingerprint density at radius 2 is 2.11 bits per heavy atom. The number of benzene rings is 1. The topological polar surface area (TPSA) is 29.5 Å². The molecule has 2 rings (SSSR count). The second-order valence-electron chi connectivity index (χ2n) is 5.15. The zero-order valence-electron chi connectivity index (χ0n) is 11.5. The van der Waals surface area contributed by atoms with Gasteiger partial charge in [0.15, 0.2) is 0 Å². The average Bonchev–Trinajstić information content (AvgIpc) is 2.42. The molecular weight excluding hydrogens is 306 g/mol. The number of anilines is 1. The molecule has 0 radical (unpaired) electrons. The lowest BCUT2D eigenvalue weighted by Crippen LogP contribution is -2.30. The van der Waals surface area contributed by atoms with Crippen LogP contribution in [0.5, 0.6) is 0 Å². The highest BCUT2D eigenvalue weighted by molar-refractivity contribution is 9.10. The van der Waals surface area contributed by atoms with Gasteiger partial charge in [0.25, 0.3) is 0 Å². The normalized spacial score (nSPS) is 16.4. The molecule has 1 aliphatic rings. The van der Waals surface area contributed by atoms with Crippen molar-refractivity contribution in [3.05, 3.63) is 28.2 Å². The minimum absolute atomic E-state index is 0.183. The molecule has 0 N–H and O–H groups in total. The summed E-state index contributed by atoms with van der Waals surface area (Å²) in [5.41, 5.74) is 2.11. The number of carbonyl (C=O) groups excluding carboxylic acids is 1. The Kier molecular flexibility index (Phi) is 4.99. The fourth-order valence-corrected chi connectivity index (χ4v) is 2.64. The lowest BCUT2D eigenvalue weighted by Gasteiger charge is -2.24. The number of halogens is 1. The van der Waals surface area contributed by atoms with Crippen molar-refractivity contribution in [2.75, 3.05) is 25.2 Å². The molecule has 1 aliphatic heterocycles. The van der Waals surface area contributed by atoms with E-state index in [-0.39, 0.29) is 5.91 Å². The molecule has 19 heavy (non-hydrogen) atoms. The first-order valence-electron chi connectivity index (χ1n) is 6.68. The molecule has 1 saturated heterocycles. The quantitative estimate of drug-likeness (QED) is 0.850. The first kappa shape index (κ1) is 14.5. The number of amides is 1. The summed E-state index contributed by atoms with van der Waals surface area (Å²) in [5.74, 6) is 0.653. The van der Waals surface area contributed by atoms with Gasteiger partial charge in [-0.15, -0.1) is 0 Å². The molecule has 4 heteroatoms. The molecule has 0 unspecified atom stereocenters. The van der Waals surface area contributed by atoms with Gasteiger partial charge in [-0.25, -0.2) is 0 Å². The smallest absolute Gasteiger partial charge is 0.226 e. The third kappa shape index (κ3) is 3.80. The molecule has 0 saturated carbocycles. The van der Waals surface area contributed by atoms with Crippen molar-refractivity contribution in [2.45, 2.75) is 26.2 Å². The largest absolute Gasteiger partial charge is 0.381 e. The molecule has 1 heterocycles. The first-order chi connectivity index (χ1) is 9.08. The van der Waals surface area contributed by atoms with Gasteiger partial charge in [-0.05, 0) is 43.4 Å². The van der Waals surface area contributed by atoms with E-state index in [2.05, 4.69) is 15.9 Å². The molecule has 0 atom stereocenters. The molecule has 0 aromatic heterocycles. The Hall–Kier alpha value is -0.870. The van der Waals surface area contributed by atoms with Crippen LogP contribution < -0.4 is 4.90 Å². The van der Waals surface area contributed by atoms with Gasteiger partial charge in [-0.2, -0.15) is 0 Å². The molecule has 3 nitrogen and oxygen atoms in total. The van der Waals surface area contributed by atoms with E-state index >= 15 is 0 Å². The Labute approximate surface area is 123 Å². The van der Waals surface area contributed by atoms with Crippen molar-refractivity contribution < 1.29 is 9.53 Å². The summed E-state index contributed by atoms with van der Waals surface area (Å²) in [7, 11) is 1.85. The van der Waals surface area contributed by atoms with Crippen molar-refractivity contribution in [3.63, 3.8) is 0 Å². The monoisotopic (exact) mass is 325 g/mol. The van der Waals surface area contributed by atoms with Crippen LogP contribution in [0.3, 0.4) is 0 Å². The van der Waals surface area contributed by atoms with Crippen LogP contribution in [0.2, 0.25) is 0 Å². The van der Waals surface area contributed by atoms with Crippen LogP contribution in [0.4, 0.5) is 5.69 Å². The highest BCUT2D eigenvalue weighted by Crippen LogP contribution is 2.25. The summed E-state index contributed by atoms with van der Waals surface area (Å²) in [6.45, 7) is 3.62. The van der Waals surface area contributed by atoms with Gasteiger partial charge < -0.3 is 9.64 Å². The zero-order valence-corrected chi connectivity index (χ0v) is 13.1. The van der Waals surface area contributed by atoms with E-state index in [1.807, 2.05) is 32.2 Å². The van der Waals surface area contributed by atoms with E-state index in [9.17, 15) is 4.79 Å². The second kappa shape index (κ2) is 6.53. The van der Waals surface area contributed by atoms with Crippen molar-refractivity contribution in [1.82, 2.24) is 0 Å². The molecular formula is C15H20BrNO2. The van der Waals surface area contributed by atoms with E-state index in [1.54, 1.807) is 4.90 Å². The van der Waals surface area contributed by atoms with E-state index in [4.69, 9.17) is 4.74 Å². The minimum atomic E-state index is 0.183. The fourth-order valence-electron chi connectivity index (χ4n) is 2.27. The van der Waals surface area contributed by atoms with Crippen molar-refractivity contribution >= 4 is 27.5 Å². The summed E-state index contributed by atoms with van der Waals surface area (Å²) in [5, 5.41) is 0. The summed E-state index contributed by atoms with van der Waals surface area (Å²) >= 11 is 3.51. The summed E-state index contributed by atoms with van der Waals surface area (Å²) in [4.78, 5) is 14.0. The van der Waals surface area contributed by atoms with E-state index < -0.39 is 0 Å². The maximum atomic E-state index is 12.3. The van der Waals surface area contributed by atoms with E-state index in [1.165, 1.54) is 5.56 Å². The Morgan fingerprint density at radius 3 is 2.74 bits per heavy atom. The summed E-state index contributed by atoms with van der Waals surface area (Å²) in [6.07, 6.45) is 2.61. The molecule has 0 bridgehead atoms. The third-order valence-electron chi connectivity index (χ3n) is 3.72. The predicted octanol–water partition coefficient (Wildman–Crippen LogP) is 3.54. The highest BCUT2D eigenvalue weighted by atomic mass is 79.9. The minimum Gasteiger partial charge on any atom is -0.381 e. The standard InChI is InChI=1S/C15H20BrNO2/c1-11-3-4-13(10-14(11)16)17(2)15(18)9-12-5-7-19-8-6-12/h3-4,10,12H,5-9H2,1-2H3. The number of rotatable bonds is 3. The van der Waals surface area contributed by atoms with Gasteiger partial charge in [0.05, 0.1) is 0 Å². The van der Waals surface area contributed by atoms with Crippen molar-refractivity contribution in [3.8, 4) is 0 Å². The van der Waals surface area contributed by atoms with Crippen LogP contribution in [0.1, 0.15) is 24.8 Å². The van der Waals surface area contributed by atoms with Crippen LogP contribution in [0.15, 0.2) is 22.7 Å². The molecule has 1 aromatic carbocycles. The number of hydrogen-bond acceptors (Lipinski definition) is 2. The first-order valence-corrected chi connectivity index (χ1v) is 7.47. The Balaban J connectivity index is 1.99. The lowest BCUT2D eigenvalue weighted by molar-refractivity contribution is -0.119. The SMILES string of the molecule is Cc1ccc(N(C)C(=O)CC2CCOCC2)cc1Br. The van der Waals surface area contributed by atoms with Gasteiger partial charge in [-0.3, -0.25) is 4.79 Å². The highest BCUT2D eigenvalue weighted by Gasteiger charge is 2.20. The van der Waals surface area contributed by atoms with Crippen LogP contribution in [0.25, 0.3) is 0 Å². The second-order valence-corrected chi connectivity index (χ2v) is 6.00. The van der Waals surface area contributed by atoms with Crippen molar-refractivity contribution in [2.24, 2.45) is 5.92 Å². The third-order valence-corrected chi connectivity index (χ3v) is 4.58. The number of aryl methyl sites for hydroxylation is 1. The predicted molar refractivity (Wildman–Crippen MR) is 80.4 cm³/mol. The van der Waals surface area contributed by atoms with Crippen molar-refractivity contribution in [1.29, 1.82) is 0 Å². The molecule has 1 amide bonds. The van der Waals surface area contributed by atoms with E-state index in [0.29, 0.717) is 12.3 Å². The van der Waals surface area contributed by atoms with Gasteiger partial charge in [0.1, 0.15) is 0 Å². The maximum Gasteiger partial charge on any atom is 0.226 e. The van der Waals surface area contributed by atoms with Crippen LogP contribution in [-0.2, 0) is 9.53 Å². The molecule has 0 spiro atoms. The summed E-state index contributed by atoms with van der Waals surface area (Å²) < 4.78 is 6.36. The molecule has 1 aromatic rings.